The number of aromatic nitrogens is 3. The van der Waals surface area contributed by atoms with Crippen molar-refractivity contribution in [1.82, 2.24) is 14.9 Å². The average Bonchev–Trinajstić information content (AvgIpc) is 3.34. The summed E-state index contributed by atoms with van der Waals surface area (Å²) >= 11 is 5.90. The van der Waals surface area contributed by atoms with Gasteiger partial charge in [-0.3, -0.25) is 9.48 Å². The Kier molecular flexibility index (Phi) is 5.99. The fourth-order valence-electron chi connectivity index (χ4n) is 2.92. The number of nitrogens with zero attached hydrogens (tertiary/aromatic N) is 3. The first-order valence-corrected chi connectivity index (χ1v) is 9.78. The first-order chi connectivity index (χ1) is 15.0. The molecule has 0 aliphatic rings. The molecule has 0 saturated heterocycles. The molecule has 0 saturated carbocycles. The Balaban J connectivity index is 1.42. The Hall–Kier alpha value is -3.65. The predicted molar refractivity (Wildman–Crippen MR) is 113 cm³/mol. The zero-order valence-corrected chi connectivity index (χ0v) is 17.3. The van der Waals surface area contributed by atoms with Crippen LogP contribution in [0.4, 0.5) is 10.2 Å². The van der Waals surface area contributed by atoms with Crippen LogP contribution in [0.25, 0.3) is 0 Å². The van der Waals surface area contributed by atoms with Crippen LogP contribution in [0, 0.1) is 12.7 Å². The highest BCUT2D eigenvalue weighted by Crippen LogP contribution is 2.20. The molecular formula is C22H18ClFN4O3. The lowest BCUT2D eigenvalue weighted by Crippen LogP contribution is -2.16. The van der Waals surface area contributed by atoms with E-state index in [0.717, 1.165) is 5.56 Å². The van der Waals surface area contributed by atoms with E-state index in [4.69, 9.17) is 20.9 Å². The number of ether oxygens (including phenoxy) is 1. The number of nitrogens with one attached hydrogen (secondary N) is 1. The Morgan fingerprint density at radius 2 is 2.03 bits per heavy atom. The molecule has 2 aromatic heterocycles. The number of amides is 1. The van der Waals surface area contributed by atoms with Gasteiger partial charge in [-0.15, -0.1) is 0 Å². The number of carbonyl (C=O) groups is 1. The van der Waals surface area contributed by atoms with Gasteiger partial charge in [-0.1, -0.05) is 35.0 Å². The van der Waals surface area contributed by atoms with E-state index in [1.54, 1.807) is 36.0 Å². The van der Waals surface area contributed by atoms with Crippen LogP contribution >= 0.6 is 11.6 Å². The minimum atomic E-state index is -0.480. The number of carbonyl (C=O) groups excluding carboxylic acids is 1. The molecule has 1 amide bonds. The van der Waals surface area contributed by atoms with Gasteiger partial charge in [0.1, 0.15) is 23.9 Å². The van der Waals surface area contributed by atoms with E-state index in [1.165, 1.54) is 12.1 Å². The molecule has 0 radical (unpaired) electrons. The number of hydrogen-bond acceptors (Lipinski definition) is 5. The number of benzene rings is 2. The number of rotatable bonds is 7. The maximum Gasteiger partial charge on any atom is 0.279 e. The summed E-state index contributed by atoms with van der Waals surface area (Å²) in [6.45, 7) is 2.21. The number of hydrogen-bond donors (Lipinski definition) is 1. The van der Waals surface area contributed by atoms with Gasteiger partial charge in [0.05, 0.1) is 12.1 Å². The van der Waals surface area contributed by atoms with Gasteiger partial charge in [0, 0.05) is 23.4 Å². The molecule has 0 unspecified atom stereocenters. The Labute approximate surface area is 182 Å². The highest BCUT2D eigenvalue weighted by atomic mass is 35.5. The molecule has 0 fully saturated rings. The van der Waals surface area contributed by atoms with Gasteiger partial charge in [0.2, 0.25) is 0 Å². The second-order valence-electron chi connectivity index (χ2n) is 6.79. The summed E-state index contributed by atoms with van der Waals surface area (Å²) in [6.07, 6.45) is 1.76. The van der Waals surface area contributed by atoms with Crippen LogP contribution in [0.2, 0.25) is 5.02 Å². The van der Waals surface area contributed by atoms with Gasteiger partial charge in [-0.2, -0.15) is 5.10 Å². The van der Waals surface area contributed by atoms with E-state index >= 15 is 0 Å². The number of anilines is 1. The highest BCUT2D eigenvalue weighted by Gasteiger charge is 2.21. The van der Waals surface area contributed by atoms with Crippen LogP contribution in [0.3, 0.4) is 0 Å². The second-order valence-corrected chi connectivity index (χ2v) is 7.23. The van der Waals surface area contributed by atoms with E-state index in [1.807, 2.05) is 24.3 Å². The Morgan fingerprint density at radius 1 is 1.23 bits per heavy atom. The number of halogens is 2. The SMILES string of the molecule is Cc1onc(C(=O)Nc2ccn(Cc3ccc(Cl)cc3)n2)c1COc1cccc(F)c1. The van der Waals surface area contributed by atoms with E-state index in [-0.39, 0.29) is 12.3 Å². The third-order valence-electron chi connectivity index (χ3n) is 4.52. The van der Waals surface area contributed by atoms with Crippen LogP contribution in [0.15, 0.2) is 65.3 Å². The summed E-state index contributed by atoms with van der Waals surface area (Å²) in [5.41, 5.74) is 1.58. The minimum absolute atomic E-state index is 0.00650. The summed E-state index contributed by atoms with van der Waals surface area (Å²) < 4.78 is 25.8. The van der Waals surface area contributed by atoms with Crippen LogP contribution in [0.5, 0.6) is 5.75 Å². The van der Waals surface area contributed by atoms with E-state index in [2.05, 4.69) is 15.6 Å². The molecule has 9 heteroatoms. The van der Waals surface area contributed by atoms with Crippen LogP contribution in [0.1, 0.15) is 27.4 Å². The lowest BCUT2D eigenvalue weighted by Gasteiger charge is -2.07. The zero-order chi connectivity index (χ0) is 21.8. The maximum absolute atomic E-state index is 13.3. The van der Waals surface area contributed by atoms with Gasteiger partial charge in [0.15, 0.2) is 11.5 Å². The number of aryl methyl sites for hydroxylation is 1. The minimum Gasteiger partial charge on any atom is -0.489 e. The largest absolute Gasteiger partial charge is 0.489 e. The van der Waals surface area contributed by atoms with Crippen molar-refractivity contribution in [2.24, 2.45) is 0 Å². The molecule has 4 aromatic rings. The summed E-state index contributed by atoms with van der Waals surface area (Å²) in [4.78, 5) is 12.7. The van der Waals surface area contributed by atoms with Crippen molar-refractivity contribution in [3.05, 3.63) is 94.2 Å². The standard InChI is InChI=1S/C22H18ClFN4O3/c1-14-19(13-30-18-4-2-3-17(24)11-18)21(27-31-14)22(29)25-20-9-10-28(26-20)12-15-5-7-16(23)8-6-15/h2-11H,12-13H2,1H3,(H,25,26,29). The summed E-state index contributed by atoms with van der Waals surface area (Å²) in [7, 11) is 0. The van der Waals surface area contributed by atoms with Crippen LogP contribution in [-0.2, 0) is 13.2 Å². The van der Waals surface area contributed by atoms with E-state index < -0.39 is 11.7 Å². The summed E-state index contributed by atoms with van der Waals surface area (Å²) in [5, 5.41) is 11.6. The average molecular weight is 441 g/mol. The van der Waals surface area contributed by atoms with E-state index in [9.17, 15) is 9.18 Å². The first kappa shape index (κ1) is 20.6. The molecule has 2 aromatic carbocycles. The van der Waals surface area contributed by atoms with Crippen molar-refractivity contribution in [3.8, 4) is 5.75 Å². The summed E-state index contributed by atoms with van der Waals surface area (Å²) in [6, 6.07) is 14.9. The molecule has 0 atom stereocenters. The fraction of sp³-hybridized carbons (Fsp3) is 0.136. The van der Waals surface area contributed by atoms with E-state index in [0.29, 0.717) is 34.5 Å². The molecular weight excluding hydrogens is 423 g/mol. The van der Waals surface area contributed by atoms with Crippen molar-refractivity contribution in [3.63, 3.8) is 0 Å². The van der Waals surface area contributed by atoms with Crippen molar-refractivity contribution >= 4 is 23.3 Å². The van der Waals surface area contributed by atoms with Crippen molar-refractivity contribution in [1.29, 1.82) is 0 Å². The molecule has 4 rings (SSSR count). The quantitative estimate of drug-likeness (QED) is 0.444. The third kappa shape index (κ3) is 5.10. The fourth-order valence-corrected chi connectivity index (χ4v) is 3.05. The monoisotopic (exact) mass is 440 g/mol. The zero-order valence-electron chi connectivity index (χ0n) is 16.5. The molecule has 7 nitrogen and oxygen atoms in total. The Bertz CT molecular complexity index is 1200. The van der Waals surface area contributed by atoms with Gasteiger partial charge in [-0.25, -0.2) is 4.39 Å². The topological polar surface area (TPSA) is 82.2 Å². The Morgan fingerprint density at radius 3 is 2.81 bits per heavy atom. The van der Waals surface area contributed by atoms with Crippen LogP contribution < -0.4 is 10.1 Å². The van der Waals surface area contributed by atoms with Crippen LogP contribution in [-0.4, -0.2) is 20.8 Å². The predicted octanol–water partition coefficient (Wildman–Crippen LogP) is 4.85. The highest BCUT2D eigenvalue weighted by molar-refractivity contribution is 6.30. The molecule has 0 spiro atoms. The molecule has 2 heterocycles. The normalized spacial score (nSPS) is 10.8. The lowest BCUT2D eigenvalue weighted by molar-refractivity contribution is 0.101. The lowest BCUT2D eigenvalue weighted by atomic mass is 10.2. The van der Waals surface area contributed by atoms with Crippen molar-refractivity contribution in [2.45, 2.75) is 20.1 Å². The van der Waals surface area contributed by atoms with Gasteiger partial charge < -0.3 is 14.6 Å². The molecule has 0 aliphatic heterocycles. The third-order valence-corrected chi connectivity index (χ3v) is 4.77. The molecule has 0 aliphatic carbocycles. The first-order valence-electron chi connectivity index (χ1n) is 9.41. The maximum atomic E-state index is 13.3. The second kappa shape index (κ2) is 9.01. The summed E-state index contributed by atoms with van der Waals surface area (Å²) in [5.74, 6) is 0.262. The molecule has 31 heavy (non-hydrogen) atoms. The van der Waals surface area contributed by atoms with Gasteiger partial charge in [0.25, 0.3) is 5.91 Å². The smallest absolute Gasteiger partial charge is 0.279 e. The molecule has 1 N–H and O–H groups in total. The molecule has 158 valence electrons. The van der Waals surface area contributed by atoms with Gasteiger partial charge >= 0.3 is 0 Å². The van der Waals surface area contributed by atoms with Gasteiger partial charge in [-0.05, 0) is 36.8 Å². The van der Waals surface area contributed by atoms with Crippen molar-refractivity contribution in [2.75, 3.05) is 5.32 Å². The molecule has 0 bridgehead atoms. The van der Waals surface area contributed by atoms with Crippen molar-refractivity contribution < 1.29 is 18.4 Å².